The van der Waals surface area contributed by atoms with Crippen molar-refractivity contribution in [2.75, 3.05) is 18.4 Å². The zero-order valence-electron chi connectivity index (χ0n) is 11.4. The molecule has 5 heteroatoms. The van der Waals surface area contributed by atoms with E-state index in [0.29, 0.717) is 18.9 Å². The molecule has 0 aliphatic rings. The molecule has 0 unspecified atom stereocenters. The minimum Gasteiger partial charge on any atom is -0.369 e. The number of hydrogen-bond donors (Lipinski definition) is 2. The monoisotopic (exact) mass is 250 g/mol. The average Bonchev–Trinajstić information content (AvgIpc) is 2.36. The van der Waals surface area contributed by atoms with E-state index in [2.05, 4.69) is 34.4 Å². The molecule has 1 rings (SSSR count). The Kier molecular flexibility index (Phi) is 6.11. The minimum absolute atomic E-state index is 0.0703. The van der Waals surface area contributed by atoms with E-state index in [-0.39, 0.29) is 5.91 Å². The zero-order chi connectivity index (χ0) is 13.4. The molecule has 2 N–H and O–H groups in total. The molecule has 0 aliphatic heterocycles. The molecule has 0 radical (unpaired) electrons. The van der Waals surface area contributed by atoms with Crippen LogP contribution in [0, 0.1) is 5.92 Å². The van der Waals surface area contributed by atoms with Gasteiger partial charge in [-0.1, -0.05) is 20.8 Å². The fraction of sp³-hybridized carbons (Fsp3) is 0.615. The quantitative estimate of drug-likeness (QED) is 0.771. The molecule has 1 aromatic heterocycles. The van der Waals surface area contributed by atoms with Gasteiger partial charge < -0.3 is 10.6 Å². The highest BCUT2D eigenvalue weighted by molar-refractivity contribution is 5.76. The van der Waals surface area contributed by atoms with Gasteiger partial charge in [-0.3, -0.25) is 4.79 Å². The van der Waals surface area contributed by atoms with E-state index < -0.39 is 0 Å². The largest absolute Gasteiger partial charge is 0.369 e. The lowest BCUT2D eigenvalue weighted by atomic mass is 10.2. The van der Waals surface area contributed by atoms with Gasteiger partial charge in [-0.2, -0.15) is 0 Å². The summed E-state index contributed by atoms with van der Waals surface area (Å²) in [5.41, 5.74) is 0.997. The third-order valence-electron chi connectivity index (χ3n) is 2.45. The summed E-state index contributed by atoms with van der Waals surface area (Å²) in [5.74, 6) is 1.33. The lowest BCUT2D eigenvalue weighted by molar-refractivity contribution is -0.120. The molecule has 0 saturated carbocycles. The van der Waals surface area contributed by atoms with Gasteiger partial charge in [0, 0.05) is 31.3 Å². The number of hydrogen-bond acceptors (Lipinski definition) is 4. The maximum Gasteiger partial charge on any atom is 0.221 e. The third kappa shape index (κ3) is 5.61. The molecule has 0 fully saturated rings. The summed E-state index contributed by atoms with van der Waals surface area (Å²) in [6.07, 6.45) is 2.88. The van der Waals surface area contributed by atoms with Crippen LogP contribution < -0.4 is 10.6 Å². The van der Waals surface area contributed by atoms with E-state index in [1.54, 1.807) is 6.33 Å². The molecule has 1 heterocycles. The predicted molar refractivity (Wildman–Crippen MR) is 72.4 cm³/mol. The van der Waals surface area contributed by atoms with Gasteiger partial charge in [0.05, 0.1) is 0 Å². The van der Waals surface area contributed by atoms with Crippen molar-refractivity contribution in [2.45, 2.75) is 33.6 Å². The van der Waals surface area contributed by atoms with E-state index in [4.69, 9.17) is 0 Å². The Labute approximate surface area is 108 Å². The Hall–Kier alpha value is -1.65. The number of nitrogens with zero attached hydrogens (tertiary/aromatic N) is 2. The van der Waals surface area contributed by atoms with Crippen LogP contribution in [0.4, 0.5) is 5.82 Å². The summed E-state index contributed by atoms with van der Waals surface area (Å²) in [4.78, 5) is 19.7. The molecule has 0 saturated heterocycles. The number of nitrogens with one attached hydrogen (secondary N) is 2. The standard InChI is InChI=1S/C13H22N4O/c1-4-11-7-12(17-9-16-11)14-6-5-13(18)15-8-10(2)3/h7,9-10H,4-6,8H2,1-3H3,(H,15,18)(H,14,16,17). The molecular weight excluding hydrogens is 228 g/mol. The second-order valence-corrected chi connectivity index (χ2v) is 4.62. The topological polar surface area (TPSA) is 66.9 Å². The van der Waals surface area contributed by atoms with E-state index in [1.807, 2.05) is 13.0 Å². The highest BCUT2D eigenvalue weighted by atomic mass is 16.1. The number of rotatable bonds is 7. The normalized spacial score (nSPS) is 10.4. The van der Waals surface area contributed by atoms with Gasteiger partial charge in [0.1, 0.15) is 12.1 Å². The zero-order valence-corrected chi connectivity index (χ0v) is 11.4. The maximum absolute atomic E-state index is 11.5. The van der Waals surface area contributed by atoms with Crippen molar-refractivity contribution in [3.63, 3.8) is 0 Å². The molecule has 0 aromatic carbocycles. The number of anilines is 1. The molecule has 18 heavy (non-hydrogen) atoms. The third-order valence-corrected chi connectivity index (χ3v) is 2.45. The first kappa shape index (κ1) is 14.4. The summed E-state index contributed by atoms with van der Waals surface area (Å²) >= 11 is 0. The average molecular weight is 250 g/mol. The van der Waals surface area contributed by atoms with Crippen LogP contribution in [-0.4, -0.2) is 29.0 Å². The van der Waals surface area contributed by atoms with Gasteiger partial charge in [-0.05, 0) is 12.3 Å². The molecule has 100 valence electrons. The van der Waals surface area contributed by atoms with Crippen molar-refractivity contribution in [1.82, 2.24) is 15.3 Å². The van der Waals surface area contributed by atoms with E-state index in [9.17, 15) is 4.79 Å². The highest BCUT2D eigenvalue weighted by Crippen LogP contribution is 2.04. The lowest BCUT2D eigenvalue weighted by Crippen LogP contribution is -2.28. The SMILES string of the molecule is CCc1cc(NCCC(=O)NCC(C)C)ncn1. The maximum atomic E-state index is 11.5. The van der Waals surface area contributed by atoms with Crippen LogP contribution in [0.25, 0.3) is 0 Å². The molecule has 0 bridgehead atoms. The fourth-order valence-electron chi connectivity index (χ4n) is 1.40. The van der Waals surface area contributed by atoms with Crippen molar-refractivity contribution in [3.8, 4) is 0 Å². The van der Waals surface area contributed by atoms with Gasteiger partial charge in [0.2, 0.25) is 5.91 Å². The van der Waals surface area contributed by atoms with E-state index in [0.717, 1.165) is 24.5 Å². The molecular formula is C13H22N4O. The Balaban J connectivity index is 2.26. The smallest absolute Gasteiger partial charge is 0.221 e. The predicted octanol–water partition coefficient (Wildman–Crippen LogP) is 1.61. The molecule has 0 spiro atoms. The van der Waals surface area contributed by atoms with Crippen LogP contribution in [0.1, 0.15) is 32.9 Å². The second kappa shape index (κ2) is 7.63. The van der Waals surface area contributed by atoms with Gasteiger partial charge in [-0.25, -0.2) is 9.97 Å². The number of carbonyl (C=O) groups is 1. The van der Waals surface area contributed by atoms with Gasteiger partial charge in [0.25, 0.3) is 0 Å². The van der Waals surface area contributed by atoms with Crippen molar-refractivity contribution in [2.24, 2.45) is 5.92 Å². The first-order valence-electron chi connectivity index (χ1n) is 6.43. The second-order valence-electron chi connectivity index (χ2n) is 4.62. The van der Waals surface area contributed by atoms with Crippen molar-refractivity contribution < 1.29 is 4.79 Å². The van der Waals surface area contributed by atoms with Crippen LogP contribution in [0.15, 0.2) is 12.4 Å². The summed E-state index contributed by atoms with van der Waals surface area (Å²) in [6, 6.07) is 1.91. The highest BCUT2D eigenvalue weighted by Gasteiger charge is 2.02. The molecule has 1 aromatic rings. The Morgan fingerprint density at radius 1 is 1.39 bits per heavy atom. The minimum atomic E-state index is 0.0703. The van der Waals surface area contributed by atoms with Gasteiger partial charge in [-0.15, -0.1) is 0 Å². The summed E-state index contributed by atoms with van der Waals surface area (Å²) < 4.78 is 0. The molecule has 0 aliphatic carbocycles. The molecule has 5 nitrogen and oxygen atoms in total. The fourth-order valence-corrected chi connectivity index (χ4v) is 1.40. The van der Waals surface area contributed by atoms with Gasteiger partial charge >= 0.3 is 0 Å². The van der Waals surface area contributed by atoms with Crippen molar-refractivity contribution in [3.05, 3.63) is 18.1 Å². The number of aryl methyl sites for hydroxylation is 1. The summed E-state index contributed by atoms with van der Waals surface area (Å²) in [6.45, 7) is 7.51. The van der Waals surface area contributed by atoms with Crippen molar-refractivity contribution >= 4 is 11.7 Å². The number of carbonyl (C=O) groups excluding carboxylic acids is 1. The Morgan fingerprint density at radius 2 is 2.17 bits per heavy atom. The molecule has 0 atom stereocenters. The van der Waals surface area contributed by atoms with Crippen LogP contribution in [0.3, 0.4) is 0 Å². The van der Waals surface area contributed by atoms with E-state index in [1.165, 1.54) is 0 Å². The van der Waals surface area contributed by atoms with E-state index >= 15 is 0 Å². The summed E-state index contributed by atoms with van der Waals surface area (Å²) in [7, 11) is 0. The number of aromatic nitrogens is 2. The molecule has 1 amide bonds. The van der Waals surface area contributed by atoms with Crippen LogP contribution >= 0.6 is 0 Å². The Morgan fingerprint density at radius 3 is 2.83 bits per heavy atom. The van der Waals surface area contributed by atoms with Crippen LogP contribution in [-0.2, 0) is 11.2 Å². The van der Waals surface area contributed by atoms with Gasteiger partial charge in [0.15, 0.2) is 0 Å². The summed E-state index contributed by atoms with van der Waals surface area (Å²) in [5, 5.41) is 6.01. The Bertz CT molecular complexity index is 379. The number of amides is 1. The van der Waals surface area contributed by atoms with Crippen LogP contribution in [0.5, 0.6) is 0 Å². The first-order valence-corrected chi connectivity index (χ1v) is 6.43. The van der Waals surface area contributed by atoms with Crippen molar-refractivity contribution in [1.29, 1.82) is 0 Å². The lowest BCUT2D eigenvalue weighted by Gasteiger charge is -2.08. The first-order chi connectivity index (χ1) is 8.61. The van der Waals surface area contributed by atoms with Crippen LogP contribution in [0.2, 0.25) is 0 Å².